The summed E-state index contributed by atoms with van der Waals surface area (Å²) in [6, 6.07) is 5.30. The quantitative estimate of drug-likeness (QED) is 0.482. The molecule has 4 N–H and O–H groups in total. The summed E-state index contributed by atoms with van der Waals surface area (Å²) in [7, 11) is 1.86. The van der Waals surface area contributed by atoms with Gasteiger partial charge in [-0.05, 0) is 24.7 Å². The Morgan fingerprint density at radius 2 is 1.91 bits per heavy atom. The van der Waals surface area contributed by atoms with Crippen LogP contribution in [-0.2, 0) is 16.1 Å². The number of aromatic nitrogens is 2. The molecule has 0 saturated carbocycles. The van der Waals surface area contributed by atoms with Crippen LogP contribution in [0.1, 0.15) is 27.9 Å². The average molecular weight is 476 g/mol. The largest absolute Gasteiger partial charge is 0.501 e. The molecule has 1 saturated heterocycles. The molecule has 180 valence electrons. The molecule has 3 rings (SSSR count). The molecule has 1 fully saturated rings. The fourth-order valence-corrected chi connectivity index (χ4v) is 2.64. The van der Waals surface area contributed by atoms with Gasteiger partial charge in [0, 0.05) is 13.1 Å². The van der Waals surface area contributed by atoms with Gasteiger partial charge >= 0.3 is 12.1 Å². The Morgan fingerprint density at radius 1 is 1.30 bits per heavy atom. The number of benzene rings is 1. The molecule has 1 aliphatic heterocycles. The number of halogens is 4. The van der Waals surface area contributed by atoms with E-state index in [-0.39, 0.29) is 29.9 Å². The van der Waals surface area contributed by atoms with E-state index in [9.17, 15) is 32.3 Å². The van der Waals surface area contributed by atoms with Crippen molar-refractivity contribution in [3.05, 3.63) is 57.5 Å². The smallest absolute Gasteiger partial charge is 0.490 e. The van der Waals surface area contributed by atoms with Gasteiger partial charge in [-0.1, -0.05) is 12.1 Å². The zero-order valence-electron chi connectivity index (χ0n) is 17.1. The number of likely N-dealkylation sites (N-methyl/N-ethyl adjacent to an activating group) is 1. The molecule has 2 heterocycles. The molecular weight excluding hydrogens is 456 g/mol. The van der Waals surface area contributed by atoms with E-state index in [1.165, 1.54) is 24.3 Å². The van der Waals surface area contributed by atoms with Crippen LogP contribution in [0.5, 0.6) is 5.75 Å². The zero-order chi connectivity index (χ0) is 24.8. The second-order valence-corrected chi connectivity index (χ2v) is 6.83. The maximum absolute atomic E-state index is 12.9. The molecule has 0 aliphatic carbocycles. The van der Waals surface area contributed by atoms with Gasteiger partial charge in [0.25, 0.3) is 11.5 Å². The second-order valence-electron chi connectivity index (χ2n) is 6.83. The van der Waals surface area contributed by atoms with Gasteiger partial charge in [0.2, 0.25) is 5.75 Å². The Balaban J connectivity index is 0.000000479. The normalized spacial score (nSPS) is 16.5. The summed E-state index contributed by atoms with van der Waals surface area (Å²) < 4.78 is 50.0. The summed E-state index contributed by atoms with van der Waals surface area (Å²) in [4.78, 5) is 41.8. The summed E-state index contributed by atoms with van der Waals surface area (Å²) in [6.45, 7) is 1.65. The number of aliphatic carboxylic acids is 1. The Morgan fingerprint density at radius 3 is 2.45 bits per heavy atom. The minimum atomic E-state index is -5.08. The van der Waals surface area contributed by atoms with E-state index in [0.29, 0.717) is 25.3 Å². The van der Waals surface area contributed by atoms with Crippen molar-refractivity contribution >= 4 is 11.9 Å². The standard InChI is InChI=1S/C17H19FN4O4.C2HF3O2/c1-22-6-7-26-9-12(22)15-20-13(14(23)17(25)21-15)16(24)19-8-10-2-4-11(18)5-3-10;3-2(4,5)1(6)7/h2-5,12,23H,6-9H2,1H3,(H,19,24)(H,20,21,25);(H,6,7). The van der Waals surface area contributed by atoms with Crippen molar-refractivity contribution in [3.63, 3.8) is 0 Å². The average Bonchev–Trinajstić information content (AvgIpc) is 2.75. The van der Waals surface area contributed by atoms with E-state index in [2.05, 4.69) is 15.3 Å². The van der Waals surface area contributed by atoms with Gasteiger partial charge in [0.15, 0.2) is 5.69 Å². The highest BCUT2D eigenvalue weighted by atomic mass is 19.4. The van der Waals surface area contributed by atoms with Crippen LogP contribution in [0.25, 0.3) is 0 Å². The molecule has 1 atom stereocenters. The third-order valence-corrected chi connectivity index (χ3v) is 4.45. The number of H-pyrrole nitrogens is 1. The SMILES string of the molecule is CN1CCOCC1c1nc(C(=O)NCc2ccc(F)cc2)c(O)c(=O)[nH]1.O=C(O)C(F)(F)F. The number of carbonyl (C=O) groups is 2. The number of hydrogen-bond donors (Lipinski definition) is 4. The number of nitrogens with one attached hydrogen (secondary N) is 2. The Hall–Kier alpha value is -3.52. The highest BCUT2D eigenvalue weighted by molar-refractivity contribution is 5.94. The highest BCUT2D eigenvalue weighted by Crippen LogP contribution is 2.20. The van der Waals surface area contributed by atoms with E-state index in [4.69, 9.17) is 14.6 Å². The van der Waals surface area contributed by atoms with Gasteiger partial charge in [0.1, 0.15) is 11.6 Å². The number of alkyl halides is 3. The first kappa shape index (κ1) is 25.7. The summed E-state index contributed by atoms with van der Waals surface area (Å²) in [6.07, 6.45) is -5.08. The number of rotatable bonds is 4. The maximum Gasteiger partial charge on any atom is 0.490 e. The van der Waals surface area contributed by atoms with Gasteiger partial charge in [0.05, 0.1) is 19.3 Å². The van der Waals surface area contributed by atoms with Crippen LogP contribution >= 0.6 is 0 Å². The first-order valence-electron chi connectivity index (χ1n) is 9.34. The summed E-state index contributed by atoms with van der Waals surface area (Å²) >= 11 is 0. The molecule has 1 aromatic heterocycles. The minimum absolute atomic E-state index is 0.106. The second kappa shape index (κ2) is 10.9. The van der Waals surface area contributed by atoms with Crippen LogP contribution in [0.3, 0.4) is 0 Å². The molecule has 0 spiro atoms. The van der Waals surface area contributed by atoms with Crippen molar-refractivity contribution in [2.24, 2.45) is 0 Å². The molecule has 14 heteroatoms. The van der Waals surface area contributed by atoms with Gasteiger partial charge in [-0.3, -0.25) is 14.5 Å². The van der Waals surface area contributed by atoms with Crippen molar-refractivity contribution in [2.75, 3.05) is 26.8 Å². The predicted molar refractivity (Wildman–Crippen MR) is 104 cm³/mol. The molecule has 1 unspecified atom stereocenters. The van der Waals surface area contributed by atoms with Gasteiger partial charge < -0.3 is 25.3 Å². The molecule has 2 aromatic rings. The fourth-order valence-electron chi connectivity index (χ4n) is 2.64. The molecule has 10 nitrogen and oxygen atoms in total. The number of amides is 1. The van der Waals surface area contributed by atoms with Crippen molar-refractivity contribution in [3.8, 4) is 5.75 Å². The number of ether oxygens (including phenoxy) is 1. The Labute approximate surface area is 183 Å². The molecule has 33 heavy (non-hydrogen) atoms. The number of hydrogen-bond acceptors (Lipinski definition) is 7. The summed E-state index contributed by atoms with van der Waals surface area (Å²) in [5.74, 6) is -4.32. The minimum Gasteiger partial charge on any atom is -0.501 e. The van der Waals surface area contributed by atoms with E-state index in [1.807, 2.05) is 11.9 Å². The van der Waals surface area contributed by atoms with Crippen LogP contribution in [0, 0.1) is 5.82 Å². The molecule has 1 aromatic carbocycles. The zero-order valence-corrected chi connectivity index (χ0v) is 17.1. The molecule has 0 radical (unpaired) electrons. The third kappa shape index (κ3) is 7.25. The number of carboxylic acids is 1. The first-order chi connectivity index (χ1) is 15.4. The van der Waals surface area contributed by atoms with Crippen LogP contribution in [-0.4, -0.2) is 69.9 Å². The van der Waals surface area contributed by atoms with E-state index in [1.54, 1.807) is 0 Å². The van der Waals surface area contributed by atoms with Crippen molar-refractivity contribution in [1.82, 2.24) is 20.2 Å². The van der Waals surface area contributed by atoms with Gasteiger partial charge in [-0.2, -0.15) is 13.2 Å². The number of morpholine rings is 1. The lowest BCUT2D eigenvalue weighted by Crippen LogP contribution is -2.39. The van der Waals surface area contributed by atoms with Crippen LogP contribution in [0.2, 0.25) is 0 Å². The van der Waals surface area contributed by atoms with Crippen LogP contribution in [0.15, 0.2) is 29.1 Å². The van der Waals surface area contributed by atoms with E-state index in [0.717, 1.165) is 0 Å². The molecule has 0 bridgehead atoms. The summed E-state index contributed by atoms with van der Waals surface area (Å²) in [5.41, 5.74) is -0.476. The monoisotopic (exact) mass is 476 g/mol. The van der Waals surface area contributed by atoms with Crippen molar-refractivity contribution in [1.29, 1.82) is 0 Å². The number of nitrogens with zero attached hydrogens (tertiary/aromatic N) is 2. The van der Waals surface area contributed by atoms with Gasteiger partial charge in [-0.25, -0.2) is 14.2 Å². The lowest BCUT2D eigenvalue weighted by Gasteiger charge is -2.31. The molecular formula is C19H20F4N4O6. The lowest BCUT2D eigenvalue weighted by molar-refractivity contribution is -0.192. The first-order valence-corrected chi connectivity index (χ1v) is 9.34. The topological polar surface area (TPSA) is 145 Å². The number of carboxylic acid groups (broad SMARTS) is 1. The highest BCUT2D eigenvalue weighted by Gasteiger charge is 2.38. The maximum atomic E-state index is 12.9. The third-order valence-electron chi connectivity index (χ3n) is 4.45. The number of carbonyl (C=O) groups excluding carboxylic acids is 1. The van der Waals surface area contributed by atoms with Gasteiger partial charge in [-0.15, -0.1) is 0 Å². The van der Waals surface area contributed by atoms with Crippen molar-refractivity contribution < 1.29 is 42.1 Å². The number of aromatic hydroxyl groups is 1. The summed E-state index contributed by atoms with van der Waals surface area (Å²) in [5, 5.41) is 19.6. The fraction of sp³-hybridized carbons (Fsp3) is 0.368. The van der Waals surface area contributed by atoms with E-state index >= 15 is 0 Å². The predicted octanol–water partition coefficient (Wildman–Crippen LogP) is 1.18. The molecule has 1 amide bonds. The number of aromatic amines is 1. The molecule has 1 aliphatic rings. The Bertz CT molecular complexity index is 1040. The lowest BCUT2D eigenvalue weighted by atomic mass is 10.2. The van der Waals surface area contributed by atoms with E-state index < -0.39 is 29.4 Å². The van der Waals surface area contributed by atoms with Crippen molar-refractivity contribution in [2.45, 2.75) is 18.8 Å². The van der Waals surface area contributed by atoms with Crippen LogP contribution < -0.4 is 10.9 Å². The van der Waals surface area contributed by atoms with Crippen LogP contribution in [0.4, 0.5) is 17.6 Å². The Kier molecular flexibility index (Phi) is 8.48.